The molecule has 0 unspecified atom stereocenters. The summed E-state index contributed by atoms with van der Waals surface area (Å²) >= 11 is 3.03. The van der Waals surface area contributed by atoms with Crippen LogP contribution in [0, 0.1) is 11.6 Å². The molecule has 1 rings (SSSR count). The average molecular weight is 321 g/mol. The summed E-state index contributed by atoms with van der Waals surface area (Å²) in [4.78, 5) is 11.0. The van der Waals surface area contributed by atoms with E-state index in [9.17, 15) is 13.6 Å². The fourth-order valence-corrected chi connectivity index (χ4v) is 1.55. The average Bonchev–Trinajstić information content (AvgIpc) is 2.33. The number of carbonyl (C=O) groups is 1. The Hall–Kier alpha value is -1.43. The third kappa shape index (κ3) is 3.80. The summed E-state index contributed by atoms with van der Waals surface area (Å²) in [6.45, 7) is 1.47. The van der Waals surface area contributed by atoms with E-state index in [1.807, 2.05) is 0 Å². The highest BCUT2D eigenvalue weighted by Crippen LogP contribution is 2.25. The van der Waals surface area contributed by atoms with Crippen molar-refractivity contribution in [1.29, 1.82) is 0 Å². The minimum atomic E-state index is -1.07. The lowest BCUT2D eigenvalue weighted by molar-refractivity contribution is -0.136. The van der Waals surface area contributed by atoms with Gasteiger partial charge in [-0.3, -0.25) is 0 Å². The first kappa shape index (κ1) is 14.6. The van der Waals surface area contributed by atoms with Gasteiger partial charge >= 0.3 is 5.97 Å². The highest BCUT2D eigenvalue weighted by Gasteiger charge is 2.11. The number of rotatable bonds is 4. The molecule has 1 aromatic rings. The molecule has 0 atom stereocenters. The van der Waals surface area contributed by atoms with Crippen LogP contribution in [0.3, 0.4) is 0 Å². The number of methoxy groups -OCH3 is 1. The number of hydrogen-bond donors (Lipinski definition) is 0. The Balaban J connectivity index is 2.73. The molecule has 0 fully saturated rings. The first-order valence-electron chi connectivity index (χ1n) is 4.98. The molecule has 0 spiro atoms. The van der Waals surface area contributed by atoms with E-state index < -0.39 is 17.6 Å². The van der Waals surface area contributed by atoms with Crippen molar-refractivity contribution in [1.82, 2.24) is 0 Å². The van der Waals surface area contributed by atoms with Gasteiger partial charge in [-0.05, 0) is 25.1 Å². The molecular weight excluding hydrogens is 310 g/mol. The van der Waals surface area contributed by atoms with Crippen molar-refractivity contribution in [2.45, 2.75) is 6.92 Å². The van der Waals surface area contributed by atoms with Crippen molar-refractivity contribution in [2.75, 3.05) is 13.7 Å². The SMILES string of the molecule is COC(=O)/C(C)=C/COc1cc(Br)cc(F)c1F. The van der Waals surface area contributed by atoms with Gasteiger partial charge in [0, 0.05) is 10.0 Å². The quantitative estimate of drug-likeness (QED) is 0.485. The smallest absolute Gasteiger partial charge is 0.333 e. The zero-order valence-electron chi connectivity index (χ0n) is 9.80. The zero-order chi connectivity index (χ0) is 13.7. The molecule has 1 aromatic carbocycles. The molecule has 0 saturated carbocycles. The van der Waals surface area contributed by atoms with E-state index in [1.54, 1.807) is 0 Å². The van der Waals surface area contributed by atoms with Gasteiger partial charge in [-0.2, -0.15) is 4.39 Å². The second kappa shape index (κ2) is 6.49. The van der Waals surface area contributed by atoms with E-state index in [2.05, 4.69) is 20.7 Å². The Labute approximate surface area is 112 Å². The third-order valence-corrected chi connectivity index (χ3v) is 2.55. The van der Waals surface area contributed by atoms with Crippen LogP contribution in [-0.4, -0.2) is 19.7 Å². The molecule has 0 aliphatic heterocycles. The van der Waals surface area contributed by atoms with Crippen LogP contribution in [0.25, 0.3) is 0 Å². The number of carbonyl (C=O) groups excluding carboxylic acids is 1. The summed E-state index contributed by atoms with van der Waals surface area (Å²) in [6.07, 6.45) is 1.42. The van der Waals surface area contributed by atoms with Gasteiger partial charge in [0.25, 0.3) is 0 Å². The highest BCUT2D eigenvalue weighted by atomic mass is 79.9. The molecule has 98 valence electrons. The van der Waals surface area contributed by atoms with E-state index in [4.69, 9.17) is 4.74 Å². The molecule has 0 aromatic heterocycles. The summed E-state index contributed by atoms with van der Waals surface area (Å²) in [5.41, 5.74) is 0.327. The molecule has 0 bridgehead atoms. The van der Waals surface area contributed by atoms with Crippen LogP contribution in [0.5, 0.6) is 5.75 Å². The minimum Gasteiger partial charge on any atom is -0.486 e. The largest absolute Gasteiger partial charge is 0.486 e. The van der Waals surface area contributed by atoms with E-state index in [0.717, 1.165) is 6.07 Å². The van der Waals surface area contributed by atoms with Gasteiger partial charge in [-0.25, -0.2) is 9.18 Å². The lowest BCUT2D eigenvalue weighted by Crippen LogP contribution is -2.05. The van der Waals surface area contributed by atoms with E-state index in [1.165, 1.54) is 26.2 Å². The summed E-state index contributed by atoms with van der Waals surface area (Å²) in [5.74, 6) is -2.80. The normalized spacial score (nSPS) is 11.3. The topological polar surface area (TPSA) is 35.5 Å². The van der Waals surface area contributed by atoms with Crippen molar-refractivity contribution in [3.05, 3.63) is 39.9 Å². The van der Waals surface area contributed by atoms with Crippen molar-refractivity contribution in [2.24, 2.45) is 0 Å². The first-order valence-corrected chi connectivity index (χ1v) is 5.77. The molecule has 0 aliphatic rings. The standard InChI is InChI=1S/C12H11BrF2O3/c1-7(12(16)17-2)3-4-18-10-6-8(13)5-9(14)11(10)15/h3,5-6H,4H2,1-2H3/b7-3+. The lowest BCUT2D eigenvalue weighted by Gasteiger charge is -2.06. The summed E-state index contributed by atoms with van der Waals surface area (Å²) in [6, 6.07) is 2.30. The van der Waals surface area contributed by atoms with E-state index >= 15 is 0 Å². The van der Waals surface area contributed by atoms with Crippen LogP contribution in [-0.2, 0) is 9.53 Å². The monoisotopic (exact) mass is 320 g/mol. The molecule has 0 N–H and O–H groups in total. The molecule has 3 nitrogen and oxygen atoms in total. The molecule has 6 heteroatoms. The molecule has 18 heavy (non-hydrogen) atoms. The van der Waals surface area contributed by atoms with Gasteiger partial charge in [0.15, 0.2) is 11.6 Å². The molecule has 0 aliphatic carbocycles. The van der Waals surface area contributed by atoms with Crippen LogP contribution in [0.2, 0.25) is 0 Å². The Morgan fingerprint density at radius 1 is 1.44 bits per heavy atom. The summed E-state index contributed by atoms with van der Waals surface area (Å²) in [7, 11) is 1.25. The van der Waals surface area contributed by atoms with Gasteiger partial charge in [-0.1, -0.05) is 15.9 Å². The van der Waals surface area contributed by atoms with E-state index in [0.29, 0.717) is 10.0 Å². The Morgan fingerprint density at radius 2 is 2.11 bits per heavy atom. The van der Waals surface area contributed by atoms with Crippen LogP contribution in [0.1, 0.15) is 6.92 Å². The molecule has 0 amide bonds. The fourth-order valence-electron chi connectivity index (χ4n) is 1.14. The number of hydrogen-bond acceptors (Lipinski definition) is 3. The maximum atomic E-state index is 13.3. The van der Waals surface area contributed by atoms with Gasteiger partial charge in [0.05, 0.1) is 7.11 Å². The number of halogens is 3. The third-order valence-electron chi connectivity index (χ3n) is 2.10. The molecule has 0 saturated heterocycles. The molecule has 0 radical (unpaired) electrons. The number of ether oxygens (including phenoxy) is 2. The van der Waals surface area contributed by atoms with Crippen molar-refractivity contribution in [3.63, 3.8) is 0 Å². The maximum Gasteiger partial charge on any atom is 0.333 e. The molecular formula is C12H11BrF2O3. The number of benzene rings is 1. The Bertz CT molecular complexity index is 486. The number of esters is 1. The molecule has 0 heterocycles. The summed E-state index contributed by atoms with van der Waals surface area (Å²) < 4.78 is 36.2. The van der Waals surface area contributed by atoms with Crippen LogP contribution < -0.4 is 4.74 Å². The van der Waals surface area contributed by atoms with Crippen LogP contribution in [0.4, 0.5) is 8.78 Å². The Morgan fingerprint density at radius 3 is 2.72 bits per heavy atom. The van der Waals surface area contributed by atoms with Gasteiger partial charge in [-0.15, -0.1) is 0 Å². The lowest BCUT2D eigenvalue weighted by atomic mass is 10.3. The predicted octanol–water partition coefficient (Wildman–Crippen LogP) is 3.23. The fraction of sp³-hybridized carbons (Fsp3) is 0.250. The van der Waals surface area contributed by atoms with Crippen LogP contribution >= 0.6 is 15.9 Å². The van der Waals surface area contributed by atoms with Crippen molar-refractivity contribution < 1.29 is 23.0 Å². The second-order valence-corrected chi connectivity index (χ2v) is 4.31. The van der Waals surface area contributed by atoms with Gasteiger partial charge in [0.2, 0.25) is 5.82 Å². The zero-order valence-corrected chi connectivity index (χ0v) is 11.4. The minimum absolute atomic E-state index is 0.0618. The van der Waals surface area contributed by atoms with E-state index in [-0.39, 0.29) is 12.4 Å². The second-order valence-electron chi connectivity index (χ2n) is 3.39. The van der Waals surface area contributed by atoms with Gasteiger partial charge < -0.3 is 9.47 Å². The van der Waals surface area contributed by atoms with Crippen molar-refractivity contribution in [3.8, 4) is 5.75 Å². The highest BCUT2D eigenvalue weighted by molar-refractivity contribution is 9.10. The Kier molecular flexibility index (Phi) is 5.27. The first-order chi connectivity index (χ1) is 8.45. The van der Waals surface area contributed by atoms with Gasteiger partial charge in [0.1, 0.15) is 6.61 Å². The van der Waals surface area contributed by atoms with Crippen molar-refractivity contribution >= 4 is 21.9 Å². The predicted molar refractivity (Wildman–Crippen MR) is 65.3 cm³/mol. The maximum absolute atomic E-state index is 13.3. The summed E-state index contributed by atoms with van der Waals surface area (Å²) in [5, 5.41) is 0. The van der Waals surface area contributed by atoms with Crippen LogP contribution in [0.15, 0.2) is 28.3 Å².